The zero-order valence-corrected chi connectivity index (χ0v) is 9.14. The van der Waals surface area contributed by atoms with Crippen LogP contribution in [0.1, 0.15) is 16.8 Å². The largest absolute Gasteiger partial charge is 0.478 e. The maximum atomic E-state index is 13.5. The third-order valence-corrected chi connectivity index (χ3v) is 2.55. The minimum absolute atomic E-state index is 0.119. The first-order chi connectivity index (χ1) is 8.49. The number of nitrogens with zero attached hydrogens (tertiary/aromatic N) is 1. The van der Waals surface area contributed by atoms with Crippen LogP contribution in [0.15, 0.2) is 18.2 Å². The molecule has 0 atom stereocenters. The molecular formula is C11H9FN2O4. The van der Waals surface area contributed by atoms with Gasteiger partial charge in [-0.3, -0.25) is 15.0 Å². The predicted octanol–water partition coefficient (Wildman–Crippen LogP) is 0.970. The van der Waals surface area contributed by atoms with Gasteiger partial charge < -0.3 is 5.11 Å². The molecule has 0 aromatic heterocycles. The molecule has 1 aliphatic heterocycles. The van der Waals surface area contributed by atoms with Crippen molar-refractivity contribution in [2.45, 2.75) is 6.42 Å². The SMILES string of the molecule is O=C1CCN(c2ccc(C(=O)O)c(F)c2)C(=O)N1. The van der Waals surface area contributed by atoms with Gasteiger partial charge in [-0.1, -0.05) is 0 Å². The number of hydrogen-bond donors (Lipinski definition) is 2. The number of hydrogen-bond acceptors (Lipinski definition) is 3. The lowest BCUT2D eigenvalue weighted by Gasteiger charge is -2.26. The molecule has 0 aliphatic carbocycles. The van der Waals surface area contributed by atoms with E-state index < -0.39 is 23.4 Å². The number of carbonyl (C=O) groups excluding carboxylic acids is 2. The van der Waals surface area contributed by atoms with Crippen LogP contribution in [0.2, 0.25) is 0 Å². The molecule has 0 radical (unpaired) electrons. The Morgan fingerprint density at radius 3 is 2.67 bits per heavy atom. The van der Waals surface area contributed by atoms with Crippen LogP contribution in [0.3, 0.4) is 0 Å². The summed E-state index contributed by atoms with van der Waals surface area (Å²) in [6.45, 7) is 0.135. The topological polar surface area (TPSA) is 86.7 Å². The number of carboxylic acid groups (broad SMARTS) is 1. The highest BCUT2D eigenvalue weighted by Crippen LogP contribution is 2.20. The van der Waals surface area contributed by atoms with Gasteiger partial charge >= 0.3 is 12.0 Å². The zero-order chi connectivity index (χ0) is 13.3. The normalized spacial score (nSPS) is 15.5. The average molecular weight is 252 g/mol. The monoisotopic (exact) mass is 252 g/mol. The molecule has 18 heavy (non-hydrogen) atoms. The minimum atomic E-state index is -1.38. The Morgan fingerprint density at radius 2 is 2.11 bits per heavy atom. The fourth-order valence-electron chi connectivity index (χ4n) is 1.66. The number of aromatic carboxylic acids is 1. The Kier molecular flexibility index (Phi) is 2.97. The van der Waals surface area contributed by atoms with Crippen molar-refractivity contribution in [1.29, 1.82) is 0 Å². The standard InChI is InChI=1S/C11H9FN2O4/c12-8-5-6(1-2-7(8)10(16)17)14-4-3-9(15)13-11(14)18/h1-2,5H,3-4H2,(H,16,17)(H,13,15,18). The molecular weight excluding hydrogens is 243 g/mol. The van der Waals surface area contributed by atoms with Gasteiger partial charge in [0.25, 0.3) is 0 Å². The van der Waals surface area contributed by atoms with Crippen molar-refractivity contribution in [3.8, 4) is 0 Å². The summed E-state index contributed by atoms with van der Waals surface area (Å²) < 4.78 is 13.5. The van der Waals surface area contributed by atoms with Crippen LogP contribution in [0.25, 0.3) is 0 Å². The second-order valence-electron chi connectivity index (χ2n) is 3.72. The lowest BCUT2D eigenvalue weighted by Crippen LogP contribution is -2.49. The second-order valence-corrected chi connectivity index (χ2v) is 3.72. The van der Waals surface area contributed by atoms with E-state index in [4.69, 9.17) is 5.11 Å². The molecule has 1 aromatic carbocycles. The number of urea groups is 1. The molecule has 1 heterocycles. The molecule has 1 saturated heterocycles. The van der Waals surface area contributed by atoms with Crippen molar-refractivity contribution in [2.75, 3.05) is 11.4 Å². The number of rotatable bonds is 2. The summed E-state index contributed by atoms with van der Waals surface area (Å²) in [5.74, 6) is -2.69. The average Bonchev–Trinajstić information content (AvgIpc) is 2.28. The summed E-state index contributed by atoms with van der Waals surface area (Å²) in [6.07, 6.45) is 0.119. The van der Waals surface area contributed by atoms with Crippen molar-refractivity contribution in [3.63, 3.8) is 0 Å². The Hall–Kier alpha value is -2.44. The molecule has 0 saturated carbocycles. The summed E-state index contributed by atoms with van der Waals surface area (Å²) in [5.41, 5.74) is -0.255. The predicted molar refractivity (Wildman–Crippen MR) is 58.9 cm³/mol. The summed E-state index contributed by atoms with van der Waals surface area (Å²) >= 11 is 0. The molecule has 94 valence electrons. The maximum Gasteiger partial charge on any atom is 0.338 e. The van der Waals surface area contributed by atoms with Crippen LogP contribution in [0.5, 0.6) is 0 Å². The fraction of sp³-hybridized carbons (Fsp3) is 0.182. The van der Waals surface area contributed by atoms with Gasteiger partial charge in [0, 0.05) is 18.7 Å². The van der Waals surface area contributed by atoms with Crippen LogP contribution in [-0.2, 0) is 4.79 Å². The Labute approximate surface area is 101 Å². The smallest absolute Gasteiger partial charge is 0.338 e. The van der Waals surface area contributed by atoms with E-state index in [1.807, 2.05) is 0 Å². The number of carbonyl (C=O) groups is 3. The Bertz CT molecular complexity index is 544. The molecule has 7 heteroatoms. The van der Waals surface area contributed by atoms with Crippen LogP contribution in [0, 0.1) is 5.82 Å². The van der Waals surface area contributed by atoms with Gasteiger partial charge in [-0.25, -0.2) is 14.0 Å². The van der Waals surface area contributed by atoms with Crippen LogP contribution < -0.4 is 10.2 Å². The number of anilines is 1. The van der Waals surface area contributed by atoms with Crippen LogP contribution >= 0.6 is 0 Å². The molecule has 1 aliphatic rings. The molecule has 0 unspecified atom stereocenters. The summed E-state index contributed by atoms with van der Waals surface area (Å²) in [7, 11) is 0. The minimum Gasteiger partial charge on any atom is -0.478 e. The van der Waals surface area contributed by atoms with Crippen LogP contribution in [-0.4, -0.2) is 29.6 Å². The van der Waals surface area contributed by atoms with Gasteiger partial charge in [0.2, 0.25) is 5.91 Å². The van der Waals surface area contributed by atoms with Gasteiger partial charge in [-0.05, 0) is 18.2 Å². The van der Waals surface area contributed by atoms with Crippen LogP contribution in [0.4, 0.5) is 14.9 Å². The van der Waals surface area contributed by atoms with E-state index in [-0.39, 0.29) is 24.6 Å². The zero-order valence-electron chi connectivity index (χ0n) is 9.14. The highest BCUT2D eigenvalue weighted by Gasteiger charge is 2.25. The quantitative estimate of drug-likeness (QED) is 0.821. The highest BCUT2D eigenvalue weighted by molar-refractivity contribution is 6.05. The van der Waals surface area contributed by atoms with Crippen molar-refractivity contribution in [2.24, 2.45) is 0 Å². The first kappa shape index (κ1) is 12.0. The lowest BCUT2D eigenvalue weighted by molar-refractivity contribution is -0.120. The molecule has 1 fully saturated rings. The molecule has 2 rings (SSSR count). The second kappa shape index (κ2) is 4.44. The number of amides is 3. The van der Waals surface area contributed by atoms with E-state index in [1.165, 1.54) is 11.0 Å². The first-order valence-corrected chi connectivity index (χ1v) is 5.13. The first-order valence-electron chi connectivity index (χ1n) is 5.13. The lowest BCUT2D eigenvalue weighted by atomic mass is 10.1. The van der Waals surface area contributed by atoms with E-state index >= 15 is 0 Å². The molecule has 0 bridgehead atoms. The van der Waals surface area contributed by atoms with E-state index in [1.54, 1.807) is 0 Å². The van der Waals surface area contributed by atoms with Crippen molar-refractivity contribution in [1.82, 2.24) is 5.32 Å². The van der Waals surface area contributed by atoms with Gasteiger partial charge in [0.1, 0.15) is 5.82 Å². The molecule has 6 nitrogen and oxygen atoms in total. The number of imide groups is 1. The molecule has 3 amide bonds. The highest BCUT2D eigenvalue weighted by atomic mass is 19.1. The van der Waals surface area contributed by atoms with Crippen molar-refractivity contribution in [3.05, 3.63) is 29.6 Å². The third kappa shape index (κ3) is 2.15. The van der Waals surface area contributed by atoms with Crippen molar-refractivity contribution < 1.29 is 23.9 Å². The fourth-order valence-corrected chi connectivity index (χ4v) is 1.66. The van der Waals surface area contributed by atoms with E-state index in [0.717, 1.165) is 12.1 Å². The van der Waals surface area contributed by atoms with Gasteiger partial charge in [-0.2, -0.15) is 0 Å². The van der Waals surface area contributed by atoms with Gasteiger partial charge in [0.05, 0.1) is 5.56 Å². The number of halogens is 1. The van der Waals surface area contributed by atoms with Crippen molar-refractivity contribution >= 4 is 23.6 Å². The van der Waals surface area contributed by atoms with E-state index in [0.29, 0.717) is 0 Å². The third-order valence-electron chi connectivity index (χ3n) is 2.55. The summed E-state index contributed by atoms with van der Waals surface area (Å²) in [4.78, 5) is 34.3. The number of nitrogens with one attached hydrogen (secondary N) is 1. The summed E-state index contributed by atoms with van der Waals surface area (Å²) in [5, 5.41) is 10.8. The number of carboxylic acids is 1. The maximum absolute atomic E-state index is 13.5. The van der Waals surface area contributed by atoms with E-state index in [2.05, 4.69) is 5.32 Å². The number of benzene rings is 1. The Balaban J connectivity index is 2.29. The molecule has 0 spiro atoms. The molecule has 1 aromatic rings. The molecule has 2 N–H and O–H groups in total. The van der Waals surface area contributed by atoms with Gasteiger partial charge in [0.15, 0.2) is 0 Å². The summed E-state index contributed by atoms with van der Waals surface area (Å²) in [6, 6.07) is 2.71. The van der Waals surface area contributed by atoms with E-state index in [9.17, 15) is 18.8 Å². The Morgan fingerprint density at radius 1 is 1.39 bits per heavy atom. The van der Waals surface area contributed by atoms with Gasteiger partial charge in [-0.15, -0.1) is 0 Å².